The first kappa shape index (κ1) is 32.4. The highest BCUT2D eigenvalue weighted by atomic mass is 19.1. The predicted octanol–water partition coefficient (Wildman–Crippen LogP) is 5.22. The van der Waals surface area contributed by atoms with Crippen LogP contribution in [0.1, 0.15) is 77.8 Å². The zero-order chi connectivity index (χ0) is 31.8. The van der Waals surface area contributed by atoms with Gasteiger partial charge in [0.1, 0.15) is 5.75 Å². The van der Waals surface area contributed by atoms with Crippen LogP contribution in [0.3, 0.4) is 0 Å². The highest BCUT2D eigenvalue weighted by molar-refractivity contribution is 6.51. The number of hydrogen-bond donors (Lipinski definition) is 1. The number of nitrogens with one attached hydrogen (secondary N) is 1. The van der Waals surface area contributed by atoms with Gasteiger partial charge in [0.2, 0.25) is 5.91 Å². The molecule has 0 saturated carbocycles. The van der Waals surface area contributed by atoms with E-state index < -0.39 is 25.0 Å². The Morgan fingerprint density at radius 2 is 1.68 bits per heavy atom. The first-order valence-electron chi connectivity index (χ1n) is 14.8. The number of allylic oxidation sites excluding steroid dienone is 3. The summed E-state index contributed by atoms with van der Waals surface area (Å²) in [6.45, 7) is 6.16. The molecule has 4 rings (SSSR count). The molecule has 0 radical (unpaired) electrons. The summed E-state index contributed by atoms with van der Waals surface area (Å²) in [5.74, 6) is -1.04. The molecule has 2 aliphatic heterocycles. The molecule has 0 spiro atoms. The number of amides is 3. The number of fused-ring (bicyclic) bond motifs is 1. The van der Waals surface area contributed by atoms with Crippen LogP contribution in [-0.4, -0.2) is 59.9 Å². The molecule has 1 N–H and O–H groups in total. The van der Waals surface area contributed by atoms with Gasteiger partial charge in [0, 0.05) is 49.3 Å². The SMILES string of the molecule is COc1ccc(-c2ccc3n2B(F)N=C(C)/C(CCC(=O)NCCCCCC(=O)ON2C(=O)CCC2=O)=C(/C)C(C)=C3)cc1. The Bertz CT molecular complexity index is 1490. The van der Waals surface area contributed by atoms with Gasteiger partial charge in [0.15, 0.2) is 0 Å². The van der Waals surface area contributed by atoms with Gasteiger partial charge in [0.05, 0.1) is 7.11 Å². The minimum absolute atomic E-state index is 0.0579. The highest BCUT2D eigenvalue weighted by Crippen LogP contribution is 2.30. The maximum absolute atomic E-state index is 15.8. The van der Waals surface area contributed by atoms with E-state index in [4.69, 9.17) is 9.57 Å². The molecule has 12 heteroatoms. The molecule has 0 unspecified atom stereocenters. The fourth-order valence-corrected chi connectivity index (χ4v) is 5.25. The number of benzene rings is 1. The van der Waals surface area contributed by atoms with Gasteiger partial charge in [-0.25, -0.2) is 4.79 Å². The second-order valence-electron chi connectivity index (χ2n) is 10.9. The normalized spacial score (nSPS) is 16.9. The molecule has 232 valence electrons. The summed E-state index contributed by atoms with van der Waals surface area (Å²) in [6.07, 6.45) is 4.58. The lowest BCUT2D eigenvalue weighted by molar-refractivity contribution is -0.197. The summed E-state index contributed by atoms with van der Waals surface area (Å²) >= 11 is 0. The standard InChI is InChI=1S/C32H38BFN4O6/c1-21-20-25-11-15-28(24-9-12-26(43-4)13-10-24)37(25)33(34)36-23(3)27(22(21)2)14-16-29(39)35-19-7-5-6-8-32(42)44-38-30(40)17-18-31(38)41/h9-13,15,20H,5-8,14,16-19H2,1-4H3,(H,35,39)/b21-20?,27-22-,36-23?. The fraction of sp³-hybridized carbons (Fsp3) is 0.406. The molecule has 0 atom stereocenters. The highest BCUT2D eigenvalue weighted by Gasteiger charge is 2.32. The van der Waals surface area contributed by atoms with E-state index in [1.54, 1.807) is 18.5 Å². The van der Waals surface area contributed by atoms with Crippen molar-refractivity contribution in [2.75, 3.05) is 13.7 Å². The molecule has 0 aliphatic carbocycles. The van der Waals surface area contributed by atoms with Crippen molar-refractivity contribution in [1.82, 2.24) is 14.9 Å². The molecule has 44 heavy (non-hydrogen) atoms. The van der Waals surface area contributed by atoms with Gasteiger partial charge in [0.25, 0.3) is 11.8 Å². The largest absolute Gasteiger partial charge is 0.611 e. The van der Waals surface area contributed by atoms with Crippen LogP contribution in [0.2, 0.25) is 0 Å². The third-order valence-electron chi connectivity index (χ3n) is 7.87. The van der Waals surface area contributed by atoms with Crippen LogP contribution in [-0.2, 0) is 24.0 Å². The number of hydrogen-bond acceptors (Lipinski definition) is 7. The van der Waals surface area contributed by atoms with Gasteiger partial charge in [-0.1, -0.05) is 6.42 Å². The van der Waals surface area contributed by atoms with E-state index in [0.29, 0.717) is 60.1 Å². The summed E-state index contributed by atoms with van der Waals surface area (Å²) in [7, 11) is -0.0493. The van der Waals surface area contributed by atoms with Crippen molar-refractivity contribution in [3.8, 4) is 17.0 Å². The van der Waals surface area contributed by atoms with Crippen molar-refractivity contribution in [3.05, 3.63) is 58.8 Å². The summed E-state index contributed by atoms with van der Waals surface area (Å²) in [4.78, 5) is 56.9. The number of imide groups is 1. The first-order valence-corrected chi connectivity index (χ1v) is 14.8. The maximum Gasteiger partial charge on any atom is 0.611 e. The minimum atomic E-state index is -1.65. The van der Waals surface area contributed by atoms with Crippen molar-refractivity contribution in [2.24, 2.45) is 4.90 Å². The fourth-order valence-electron chi connectivity index (χ4n) is 5.25. The molecule has 1 fully saturated rings. The maximum atomic E-state index is 15.8. The summed E-state index contributed by atoms with van der Waals surface area (Å²) in [5.41, 5.74) is 5.53. The molecule has 2 aliphatic rings. The minimum Gasteiger partial charge on any atom is -0.497 e. The van der Waals surface area contributed by atoms with E-state index in [-0.39, 0.29) is 31.6 Å². The van der Waals surface area contributed by atoms with Crippen molar-refractivity contribution in [1.29, 1.82) is 0 Å². The molecule has 1 saturated heterocycles. The van der Waals surface area contributed by atoms with Gasteiger partial charge in [-0.15, -0.1) is 5.06 Å². The Morgan fingerprint density at radius 3 is 2.36 bits per heavy atom. The Morgan fingerprint density at radius 1 is 0.977 bits per heavy atom. The number of carbonyl (C=O) groups is 4. The number of hydroxylamine groups is 2. The molecule has 10 nitrogen and oxygen atoms in total. The number of carbonyl (C=O) groups excluding carboxylic acids is 4. The summed E-state index contributed by atoms with van der Waals surface area (Å²) in [6, 6.07) is 11.2. The Labute approximate surface area is 257 Å². The van der Waals surface area contributed by atoms with Crippen LogP contribution in [0, 0.1) is 0 Å². The van der Waals surface area contributed by atoms with E-state index in [1.807, 2.05) is 56.3 Å². The molecular weight excluding hydrogens is 566 g/mol. The molecule has 2 aromatic rings. The van der Waals surface area contributed by atoms with E-state index in [2.05, 4.69) is 10.2 Å². The summed E-state index contributed by atoms with van der Waals surface area (Å²) < 4.78 is 22.6. The number of methoxy groups -OCH3 is 1. The summed E-state index contributed by atoms with van der Waals surface area (Å²) in [5, 5.41) is 3.45. The van der Waals surface area contributed by atoms with E-state index >= 15 is 4.32 Å². The average Bonchev–Trinajstić information content (AvgIpc) is 3.57. The zero-order valence-corrected chi connectivity index (χ0v) is 25.7. The number of aromatic nitrogens is 1. The zero-order valence-electron chi connectivity index (χ0n) is 25.7. The van der Waals surface area contributed by atoms with Gasteiger partial charge in [-0.3, -0.25) is 23.6 Å². The topological polar surface area (TPSA) is 119 Å². The number of nitrogens with zero attached hydrogens (tertiary/aromatic N) is 3. The number of ether oxygens (including phenoxy) is 1. The van der Waals surface area contributed by atoms with Crippen LogP contribution in [0.25, 0.3) is 17.3 Å². The van der Waals surface area contributed by atoms with Crippen LogP contribution in [0.4, 0.5) is 4.32 Å². The van der Waals surface area contributed by atoms with Crippen LogP contribution in [0.15, 0.2) is 58.0 Å². The first-order chi connectivity index (χ1) is 21.1. The van der Waals surface area contributed by atoms with Crippen molar-refractivity contribution in [2.45, 2.75) is 72.1 Å². The van der Waals surface area contributed by atoms with E-state index in [1.165, 1.54) is 0 Å². The smallest absolute Gasteiger partial charge is 0.497 e. The molecule has 1 aromatic heterocycles. The van der Waals surface area contributed by atoms with Gasteiger partial charge >= 0.3 is 13.2 Å². The van der Waals surface area contributed by atoms with Gasteiger partial charge in [-0.05, 0) is 105 Å². The Hall–Kier alpha value is -4.48. The van der Waals surface area contributed by atoms with Crippen LogP contribution < -0.4 is 10.1 Å². The predicted molar refractivity (Wildman–Crippen MR) is 166 cm³/mol. The second kappa shape index (κ2) is 14.8. The van der Waals surface area contributed by atoms with Crippen molar-refractivity contribution >= 4 is 42.7 Å². The molecule has 3 amide bonds. The number of halogens is 1. The molecule has 1 aromatic carbocycles. The number of rotatable bonds is 12. The van der Waals surface area contributed by atoms with E-state index in [9.17, 15) is 19.2 Å². The lowest BCUT2D eigenvalue weighted by Gasteiger charge is -2.14. The Kier molecular flexibility index (Phi) is 10.9. The van der Waals surface area contributed by atoms with Gasteiger partial charge < -0.3 is 19.4 Å². The molecule has 3 heterocycles. The van der Waals surface area contributed by atoms with Crippen molar-refractivity contribution in [3.63, 3.8) is 0 Å². The third kappa shape index (κ3) is 7.92. The quantitative estimate of drug-likeness (QED) is 0.202. The van der Waals surface area contributed by atoms with E-state index in [0.717, 1.165) is 22.3 Å². The Balaban J connectivity index is 1.29. The second-order valence-corrected chi connectivity index (χ2v) is 10.9. The monoisotopic (exact) mass is 604 g/mol. The molecular formula is C32H38BFN4O6. The van der Waals surface area contributed by atoms with Crippen molar-refractivity contribution < 1.29 is 33.1 Å². The number of unbranched alkanes of at least 4 members (excludes halogenated alkanes) is 2. The average molecular weight is 604 g/mol. The molecule has 0 bridgehead atoms. The lowest BCUT2D eigenvalue weighted by Crippen LogP contribution is -2.31. The van der Waals surface area contributed by atoms with Gasteiger partial charge in [-0.2, -0.15) is 0 Å². The van der Waals surface area contributed by atoms with Crippen LogP contribution in [0.5, 0.6) is 5.75 Å². The third-order valence-corrected chi connectivity index (χ3v) is 7.87. The van der Waals surface area contributed by atoms with Crippen LogP contribution >= 0.6 is 0 Å². The lowest BCUT2D eigenvalue weighted by atomic mass is 9.94.